The fourth-order valence-electron chi connectivity index (χ4n) is 1.94. The van der Waals surface area contributed by atoms with E-state index in [4.69, 9.17) is 11.6 Å². The Balaban J connectivity index is 2.21. The molecule has 0 bridgehead atoms. The zero-order valence-corrected chi connectivity index (χ0v) is 12.6. The molecule has 0 saturated heterocycles. The first-order valence-electron chi connectivity index (χ1n) is 6.63. The molecule has 1 fully saturated rings. The van der Waals surface area contributed by atoms with Gasteiger partial charge in [-0.3, -0.25) is 9.59 Å². The Morgan fingerprint density at radius 2 is 2.25 bits per heavy atom. The van der Waals surface area contributed by atoms with Gasteiger partial charge in [0.15, 0.2) is 0 Å². The number of likely N-dealkylation sites (N-methyl/N-ethyl adjacent to an activating group) is 1. The molecule has 1 heterocycles. The molecule has 1 aromatic heterocycles. The van der Waals surface area contributed by atoms with Crippen LogP contribution in [0.4, 0.5) is 5.69 Å². The van der Waals surface area contributed by atoms with Crippen LogP contribution in [0.3, 0.4) is 0 Å². The highest BCUT2D eigenvalue weighted by Gasteiger charge is 2.24. The molecule has 6 nitrogen and oxygen atoms in total. The lowest BCUT2D eigenvalue weighted by atomic mass is 10.3. The van der Waals surface area contributed by atoms with Gasteiger partial charge in [-0.1, -0.05) is 11.6 Å². The number of carbonyl (C=O) groups excluding carboxylic acids is 1. The first-order chi connectivity index (χ1) is 9.40. The summed E-state index contributed by atoms with van der Waals surface area (Å²) in [5.74, 6) is 0.418. The first kappa shape index (κ1) is 14.8. The minimum atomic E-state index is -0.521. The molecule has 1 aliphatic rings. The third-order valence-electron chi connectivity index (χ3n) is 3.30. The lowest BCUT2D eigenvalue weighted by Crippen LogP contribution is -2.39. The van der Waals surface area contributed by atoms with Gasteiger partial charge in [-0.15, -0.1) is 0 Å². The van der Waals surface area contributed by atoms with Crippen LogP contribution >= 0.6 is 11.6 Å². The molecule has 1 aromatic rings. The fraction of sp³-hybridized carbons (Fsp3) is 0.615. The van der Waals surface area contributed by atoms with E-state index < -0.39 is 6.04 Å². The monoisotopic (exact) mass is 298 g/mol. The molecular formula is C13H19ClN4O2. The molecular weight excluding hydrogens is 280 g/mol. The van der Waals surface area contributed by atoms with E-state index in [1.807, 2.05) is 0 Å². The standard InChI is InChI=1S/C13H19ClN4O2/c1-8(12(19)17(2)3)16-11-10(14)6-15-18(13(11)20)7-9-4-5-9/h6,8-9,16H,4-5,7H2,1-3H3. The van der Waals surface area contributed by atoms with Crippen LogP contribution in [0, 0.1) is 5.92 Å². The Morgan fingerprint density at radius 1 is 1.60 bits per heavy atom. The summed E-state index contributed by atoms with van der Waals surface area (Å²) in [6, 6.07) is -0.521. The highest BCUT2D eigenvalue weighted by molar-refractivity contribution is 6.33. The van der Waals surface area contributed by atoms with Crippen LogP contribution in [0.1, 0.15) is 19.8 Å². The predicted octanol–water partition coefficient (Wildman–Crippen LogP) is 1.20. The number of aromatic nitrogens is 2. The van der Waals surface area contributed by atoms with Crippen molar-refractivity contribution in [3.63, 3.8) is 0 Å². The maximum atomic E-state index is 12.3. The van der Waals surface area contributed by atoms with Crippen LogP contribution in [0.2, 0.25) is 5.02 Å². The van der Waals surface area contributed by atoms with Gasteiger partial charge in [-0.2, -0.15) is 5.10 Å². The minimum Gasteiger partial charge on any atom is -0.368 e. The molecule has 1 aliphatic carbocycles. The Bertz CT molecular complexity index is 566. The molecule has 0 radical (unpaired) electrons. The number of carbonyl (C=O) groups is 1. The molecule has 1 unspecified atom stereocenters. The number of hydrogen-bond donors (Lipinski definition) is 1. The molecule has 1 saturated carbocycles. The third-order valence-corrected chi connectivity index (χ3v) is 3.58. The van der Waals surface area contributed by atoms with Crippen molar-refractivity contribution in [3.8, 4) is 0 Å². The van der Waals surface area contributed by atoms with Gasteiger partial charge in [0.25, 0.3) is 5.56 Å². The van der Waals surface area contributed by atoms with Gasteiger partial charge in [0.2, 0.25) is 5.91 Å². The van der Waals surface area contributed by atoms with Gasteiger partial charge >= 0.3 is 0 Å². The van der Waals surface area contributed by atoms with Crippen LogP contribution in [-0.2, 0) is 11.3 Å². The highest BCUT2D eigenvalue weighted by atomic mass is 35.5. The van der Waals surface area contributed by atoms with Crippen LogP contribution in [0.5, 0.6) is 0 Å². The fourth-order valence-corrected chi connectivity index (χ4v) is 2.12. The SMILES string of the molecule is CC(Nc1c(Cl)cnn(CC2CC2)c1=O)C(=O)N(C)C. The topological polar surface area (TPSA) is 67.2 Å². The normalized spacial score (nSPS) is 15.8. The van der Waals surface area contributed by atoms with Crippen molar-refractivity contribution in [1.82, 2.24) is 14.7 Å². The van der Waals surface area contributed by atoms with E-state index in [0.29, 0.717) is 12.5 Å². The van der Waals surface area contributed by atoms with E-state index in [1.165, 1.54) is 15.8 Å². The van der Waals surface area contributed by atoms with Gasteiger partial charge < -0.3 is 10.2 Å². The summed E-state index contributed by atoms with van der Waals surface area (Å²) in [6.07, 6.45) is 3.71. The number of rotatable bonds is 5. The molecule has 1 atom stereocenters. The lowest BCUT2D eigenvalue weighted by Gasteiger charge is -2.19. The molecule has 2 rings (SSSR count). The maximum Gasteiger partial charge on any atom is 0.291 e. The van der Waals surface area contributed by atoms with Crippen LogP contribution in [0.15, 0.2) is 11.0 Å². The molecule has 0 aromatic carbocycles. The Labute approximate surface area is 122 Å². The van der Waals surface area contributed by atoms with E-state index in [0.717, 1.165) is 12.8 Å². The summed E-state index contributed by atoms with van der Waals surface area (Å²) in [7, 11) is 3.33. The van der Waals surface area contributed by atoms with E-state index >= 15 is 0 Å². The van der Waals surface area contributed by atoms with Crippen LogP contribution in [-0.4, -0.2) is 40.7 Å². The zero-order chi connectivity index (χ0) is 14.9. The number of nitrogens with one attached hydrogen (secondary N) is 1. The predicted molar refractivity (Wildman–Crippen MR) is 78.0 cm³/mol. The van der Waals surface area contributed by atoms with Crippen molar-refractivity contribution in [2.24, 2.45) is 5.92 Å². The number of anilines is 1. The second-order valence-electron chi connectivity index (χ2n) is 5.40. The summed E-state index contributed by atoms with van der Waals surface area (Å²) in [4.78, 5) is 25.6. The van der Waals surface area contributed by atoms with Crippen molar-refractivity contribution in [2.45, 2.75) is 32.4 Å². The van der Waals surface area contributed by atoms with Crippen LogP contribution < -0.4 is 10.9 Å². The first-order valence-corrected chi connectivity index (χ1v) is 7.01. The molecule has 0 spiro atoms. The second kappa shape index (κ2) is 5.83. The zero-order valence-electron chi connectivity index (χ0n) is 11.9. The van der Waals surface area contributed by atoms with Crippen molar-refractivity contribution < 1.29 is 4.79 Å². The van der Waals surface area contributed by atoms with Gasteiger partial charge in [0.05, 0.1) is 11.2 Å². The van der Waals surface area contributed by atoms with Gasteiger partial charge in [-0.25, -0.2) is 4.68 Å². The molecule has 7 heteroatoms. The maximum absolute atomic E-state index is 12.3. The number of halogens is 1. The summed E-state index contributed by atoms with van der Waals surface area (Å²) in [6.45, 7) is 2.31. The summed E-state index contributed by atoms with van der Waals surface area (Å²) in [5, 5.41) is 7.18. The quantitative estimate of drug-likeness (QED) is 0.887. The number of amides is 1. The molecule has 1 N–H and O–H groups in total. The largest absolute Gasteiger partial charge is 0.368 e. The molecule has 110 valence electrons. The molecule has 20 heavy (non-hydrogen) atoms. The Kier molecular flexibility index (Phi) is 4.32. The summed E-state index contributed by atoms with van der Waals surface area (Å²) in [5.41, 5.74) is -0.0344. The average molecular weight is 299 g/mol. The van der Waals surface area contributed by atoms with Crippen molar-refractivity contribution in [1.29, 1.82) is 0 Å². The number of nitrogens with zero attached hydrogens (tertiary/aromatic N) is 3. The smallest absolute Gasteiger partial charge is 0.291 e. The van der Waals surface area contributed by atoms with Gasteiger partial charge in [0, 0.05) is 20.6 Å². The van der Waals surface area contributed by atoms with E-state index in [9.17, 15) is 9.59 Å². The second-order valence-corrected chi connectivity index (χ2v) is 5.80. The lowest BCUT2D eigenvalue weighted by molar-refractivity contribution is -0.129. The third kappa shape index (κ3) is 3.30. The highest BCUT2D eigenvalue weighted by Crippen LogP contribution is 2.30. The van der Waals surface area contributed by atoms with E-state index in [1.54, 1.807) is 21.0 Å². The molecule has 1 amide bonds. The number of hydrogen-bond acceptors (Lipinski definition) is 4. The molecule has 0 aliphatic heterocycles. The van der Waals surface area contributed by atoms with Gasteiger partial charge in [-0.05, 0) is 25.7 Å². The summed E-state index contributed by atoms with van der Waals surface area (Å²) >= 11 is 6.02. The van der Waals surface area contributed by atoms with Gasteiger partial charge in [0.1, 0.15) is 11.7 Å². The van der Waals surface area contributed by atoms with E-state index in [2.05, 4.69) is 10.4 Å². The van der Waals surface area contributed by atoms with E-state index in [-0.39, 0.29) is 22.2 Å². The summed E-state index contributed by atoms with van der Waals surface area (Å²) < 4.78 is 1.42. The van der Waals surface area contributed by atoms with Crippen molar-refractivity contribution >= 4 is 23.2 Å². The van der Waals surface area contributed by atoms with Crippen molar-refractivity contribution in [3.05, 3.63) is 21.6 Å². The Hall–Kier alpha value is -1.56. The Morgan fingerprint density at radius 3 is 2.80 bits per heavy atom. The van der Waals surface area contributed by atoms with Crippen LogP contribution in [0.25, 0.3) is 0 Å². The minimum absolute atomic E-state index is 0.119. The van der Waals surface area contributed by atoms with Crippen molar-refractivity contribution in [2.75, 3.05) is 19.4 Å². The average Bonchev–Trinajstić information content (AvgIpc) is 3.20.